The van der Waals surface area contributed by atoms with E-state index in [0.29, 0.717) is 6.61 Å². The molecule has 22 heavy (non-hydrogen) atoms. The first-order valence-corrected chi connectivity index (χ1v) is 8.40. The first kappa shape index (κ1) is 17.1. The van der Waals surface area contributed by atoms with E-state index >= 15 is 0 Å². The third-order valence-electron chi connectivity index (χ3n) is 4.34. The van der Waals surface area contributed by atoms with Crippen LogP contribution in [0, 0.1) is 0 Å². The summed E-state index contributed by atoms with van der Waals surface area (Å²) in [7, 11) is 1.67. The van der Waals surface area contributed by atoms with Gasteiger partial charge >= 0.3 is 0 Å². The summed E-state index contributed by atoms with van der Waals surface area (Å²) >= 11 is 0. The van der Waals surface area contributed by atoms with Gasteiger partial charge in [0.2, 0.25) is 0 Å². The van der Waals surface area contributed by atoms with Crippen LogP contribution in [0.4, 0.5) is 0 Å². The van der Waals surface area contributed by atoms with Crippen molar-refractivity contribution in [2.24, 2.45) is 0 Å². The number of hydrogen-bond acceptors (Lipinski definition) is 4. The van der Waals surface area contributed by atoms with Crippen molar-refractivity contribution >= 4 is 0 Å². The molecule has 0 aromatic heterocycles. The second kappa shape index (κ2) is 8.39. The Balaban J connectivity index is 2.04. The van der Waals surface area contributed by atoms with Crippen LogP contribution in [0.15, 0.2) is 18.2 Å². The van der Waals surface area contributed by atoms with Gasteiger partial charge in [-0.25, -0.2) is 0 Å². The second-order valence-corrected chi connectivity index (χ2v) is 6.11. The van der Waals surface area contributed by atoms with Crippen molar-refractivity contribution in [3.8, 4) is 11.5 Å². The topological polar surface area (TPSA) is 50.7 Å². The predicted molar refractivity (Wildman–Crippen MR) is 88.6 cm³/mol. The van der Waals surface area contributed by atoms with Gasteiger partial charge in [-0.3, -0.25) is 0 Å². The minimum absolute atomic E-state index is 0.173. The molecule has 0 amide bonds. The number of aliphatic hydroxyl groups is 1. The molecule has 1 fully saturated rings. The SMILES string of the molecule is CCCOc1ccc(C(C)NC2CCCCC2O)cc1OC. The lowest BCUT2D eigenvalue weighted by Crippen LogP contribution is -2.43. The van der Waals surface area contributed by atoms with Crippen LogP contribution in [0.2, 0.25) is 0 Å². The van der Waals surface area contributed by atoms with E-state index in [0.717, 1.165) is 42.7 Å². The van der Waals surface area contributed by atoms with Crippen LogP contribution in [-0.4, -0.2) is 31.0 Å². The molecule has 1 aliphatic carbocycles. The largest absolute Gasteiger partial charge is 0.493 e. The Kier molecular flexibility index (Phi) is 6.52. The Morgan fingerprint density at radius 1 is 1.27 bits per heavy atom. The van der Waals surface area contributed by atoms with E-state index in [2.05, 4.69) is 25.2 Å². The number of hydrogen-bond donors (Lipinski definition) is 2. The van der Waals surface area contributed by atoms with Crippen LogP contribution in [-0.2, 0) is 0 Å². The quantitative estimate of drug-likeness (QED) is 0.810. The van der Waals surface area contributed by atoms with Gasteiger partial charge in [-0.1, -0.05) is 25.8 Å². The summed E-state index contributed by atoms with van der Waals surface area (Å²) in [5.41, 5.74) is 1.15. The lowest BCUT2D eigenvalue weighted by molar-refractivity contribution is 0.0859. The molecule has 3 atom stereocenters. The van der Waals surface area contributed by atoms with E-state index in [1.54, 1.807) is 7.11 Å². The lowest BCUT2D eigenvalue weighted by Gasteiger charge is -2.31. The van der Waals surface area contributed by atoms with Gasteiger partial charge in [-0.2, -0.15) is 0 Å². The van der Waals surface area contributed by atoms with Crippen molar-refractivity contribution in [1.29, 1.82) is 0 Å². The average molecular weight is 307 g/mol. The Hall–Kier alpha value is -1.26. The normalized spacial score (nSPS) is 23.1. The van der Waals surface area contributed by atoms with Gasteiger partial charge in [-0.05, 0) is 43.9 Å². The third-order valence-corrected chi connectivity index (χ3v) is 4.34. The maximum atomic E-state index is 10.1. The molecule has 0 heterocycles. The minimum Gasteiger partial charge on any atom is -0.493 e. The first-order chi connectivity index (χ1) is 10.7. The van der Waals surface area contributed by atoms with Crippen molar-refractivity contribution < 1.29 is 14.6 Å². The molecule has 0 saturated heterocycles. The molecule has 1 saturated carbocycles. The van der Waals surface area contributed by atoms with Crippen LogP contribution >= 0.6 is 0 Å². The highest BCUT2D eigenvalue weighted by Crippen LogP contribution is 2.31. The molecule has 2 rings (SSSR count). The number of rotatable bonds is 7. The second-order valence-electron chi connectivity index (χ2n) is 6.11. The number of aliphatic hydroxyl groups excluding tert-OH is 1. The highest BCUT2D eigenvalue weighted by molar-refractivity contribution is 5.43. The van der Waals surface area contributed by atoms with Gasteiger partial charge < -0.3 is 19.9 Å². The van der Waals surface area contributed by atoms with Gasteiger partial charge in [-0.15, -0.1) is 0 Å². The van der Waals surface area contributed by atoms with Crippen LogP contribution < -0.4 is 14.8 Å². The zero-order valence-electron chi connectivity index (χ0n) is 14.0. The summed E-state index contributed by atoms with van der Waals surface area (Å²) in [6.45, 7) is 4.91. The number of benzene rings is 1. The summed E-state index contributed by atoms with van der Waals surface area (Å²) < 4.78 is 11.1. The zero-order valence-corrected chi connectivity index (χ0v) is 14.0. The molecule has 0 aliphatic heterocycles. The maximum absolute atomic E-state index is 10.1. The van der Waals surface area contributed by atoms with E-state index in [1.807, 2.05) is 12.1 Å². The standard InChI is InChI=1S/C18H29NO3/c1-4-11-22-17-10-9-14(12-18(17)21-3)13(2)19-15-7-5-6-8-16(15)20/h9-10,12-13,15-16,19-20H,4-8,11H2,1-3H3. The van der Waals surface area contributed by atoms with Crippen molar-refractivity contribution in [3.05, 3.63) is 23.8 Å². The first-order valence-electron chi connectivity index (χ1n) is 8.40. The summed E-state index contributed by atoms with van der Waals surface area (Å²) in [6.07, 6.45) is 5.00. The fourth-order valence-electron chi connectivity index (χ4n) is 3.01. The predicted octanol–water partition coefficient (Wildman–Crippen LogP) is 3.44. The Morgan fingerprint density at radius 3 is 2.73 bits per heavy atom. The van der Waals surface area contributed by atoms with E-state index in [9.17, 15) is 5.11 Å². The Morgan fingerprint density at radius 2 is 2.05 bits per heavy atom. The molecule has 0 spiro atoms. The molecular formula is C18H29NO3. The smallest absolute Gasteiger partial charge is 0.161 e. The summed E-state index contributed by atoms with van der Waals surface area (Å²) in [5.74, 6) is 1.56. The molecule has 4 nitrogen and oxygen atoms in total. The summed E-state index contributed by atoms with van der Waals surface area (Å²) in [5, 5.41) is 13.7. The molecule has 2 N–H and O–H groups in total. The van der Waals surface area contributed by atoms with Gasteiger partial charge in [0.15, 0.2) is 11.5 Å². The highest BCUT2D eigenvalue weighted by Gasteiger charge is 2.24. The molecule has 0 radical (unpaired) electrons. The maximum Gasteiger partial charge on any atom is 0.161 e. The van der Waals surface area contributed by atoms with E-state index in [1.165, 1.54) is 6.42 Å². The Labute approximate surface area is 133 Å². The minimum atomic E-state index is -0.231. The van der Waals surface area contributed by atoms with E-state index in [4.69, 9.17) is 9.47 Å². The zero-order chi connectivity index (χ0) is 15.9. The number of methoxy groups -OCH3 is 1. The van der Waals surface area contributed by atoms with Crippen molar-refractivity contribution in [2.75, 3.05) is 13.7 Å². The van der Waals surface area contributed by atoms with Crippen LogP contribution in [0.1, 0.15) is 57.6 Å². The van der Waals surface area contributed by atoms with E-state index in [-0.39, 0.29) is 18.2 Å². The molecule has 4 heteroatoms. The van der Waals surface area contributed by atoms with Crippen molar-refractivity contribution in [3.63, 3.8) is 0 Å². The average Bonchev–Trinajstić information content (AvgIpc) is 2.54. The molecule has 1 aromatic rings. The van der Waals surface area contributed by atoms with Crippen LogP contribution in [0.5, 0.6) is 11.5 Å². The highest BCUT2D eigenvalue weighted by atomic mass is 16.5. The Bertz CT molecular complexity index is 464. The summed E-state index contributed by atoms with van der Waals surface area (Å²) in [4.78, 5) is 0. The molecule has 0 bridgehead atoms. The van der Waals surface area contributed by atoms with Gasteiger partial charge in [0, 0.05) is 12.1 Å². The molecule has 3 unspecified atom stereocenters. The molecular weight excluding hydrogens is 278 g/mol. The number of nitrogens with one attached hydrogen (secondary N) is 1. The van der Waals surface area contributed by atoms with E-state index < -0.39 is 0 Å². The van der Waals surface area contributed by atoms with Gasteiger partial charge in [0.1, 0.15) is 0 Å². The van der Waals surface area contributed by atoms with Crippen LogP contribution in [0.25, 0.3) is 0 Å². The van der Waals surface area contributed by atoms with Crippen molar-refractivity contribution in [1.82, 2.24) is 5.32 Å². The third kappa shape index (κ3) is 4.37. The van der Waals surface area contributed by atoms with Crippen LogP contribution in [0.3, 0.4) is 0 Å². The summed E-state index contributed by atoms with van der Waals surface area (Å²) in [6, 6.07) is 6.43. The molecule has 1 aliphatic rings. The fraction of sp³-hybridized carbons (Fsp3) is 0.667. The van der Waals surface area contributed by atoms with Gasteiger partial charge in [0.25, 0.3) is 0 Å². The monoisotopic (exact) mass is 307 g/mol. The molecule has 1 aromatic carbocycles. The van der Waals surface area contributed by atoms with Crippen molar-refractivity contribution in [2.45, 2.75) is 64.1 Å². The van der Waals surface area contributed by atoms with Gasteiger partial charge in [0.05, 0.1) is 19.8 Å². The lowest BCUT2D eigenvalue weighted by atomic mass is 9.91. The fourth-order valence-corrected chi connectivity index (χ4v) is 3.01. The molecule has 124 valence electrons. The number of ether oxygens (including phenoxy) is 2.